The minimum Gasteiger partial charge on any atom is -0.481 e. The van der Waals surface area contributed by atoms with Gasteiger partial charge in [-0.25, -0.2) is 0 Å². The van der Waals surface area contributed by atoms with Crippen LogP contribution >= 0.6 is 11.6 Å². The van der Waals surface area contributed by atoms with Gasteiger partial charge in [0.1, 0.15) is 0 Å². The number of hydrogen-bond donors (Lipinski definition) is 1. The topological polar surface area (TPSA) is 98.3 Å². The van der Waals surface area contributed by atoms with Gasteiger partial charge in [-0.2, -0.15) is 4.98 Å². The van der Waals surface area contributed by atoms with Gasteiger partial charge >= 0.3 is 5.97 Å². The number of aliphatic carboxylic acids is 1. The second kappa shape index (κ2) is 10.8. The van der Waals surface area contributed by atoms with Crippen molar-refractivity contribution in [3.8, 4) is 34.0 Å². The van der Waals surface area contributed by atoms with Crippen molar-refractivity contribution >= 4 is 17.6 Å². The highest BCUT2D eigenvalue weighted by molar-refractivity contribution is 6.31. The minimum atomic E-state index is -0.841. The molecule has 2 aromatic carbocycles. The lowest BCUT2D eigenvalue weighted by Gasteiger charge is -2.17. The van der Waals surface area contributed by atoms with Crippen molar-refractivity contribution < 1.29 is 19.2 Å². The van der Waals surface area contributed by atoms with Gasteiger partial charge in [-0.3, -0.25) is 9.78 Å². The standard InChI is InChI=1S/C27H26ClN3O4/c1-16-7-4-5-8-20(16)21-12-11-18(13-22(21)17(2)34-3)27-30-26(31-35-27)19-14-23(28)24(29-15-19)9-6-10-25(32)33/h4-5,7-8,11-15,17H,6,9-10H2,1-3H3,(H,32,33). The smallest absolute Gasteiger partial charge is 0.303 e. The van der Waals surface area contributed by atoms with E-state index in [2.05, 4.69) is 40.2 Å². The quantitative estimate of drug-likeness (QED) is 0.283. The Kier molecular flexibility index (Phi) is 7.58. The molecule has 4 rings (SSSR count). The molecule has 0 saturated carbocycles. The van der Waals surface area contributed by atoms with Crippen LogP contribution in [0.5, 0.6) is 0 Å². The second-order valence-corrected chi connectivity index (χ2v) is 8.73. The first-order chi connectivity index (χ1) is 16.9. The molecule has 35 heavy (non-hydrogen) atoms. The number of carbonyl (C=O) groups is 1. The number of pyridine rings is 1. The molecule has 4 aromatic rings. The Labute approximate surface area is 208 Å². The molecule has 0 fully saturated rings. The van der Waals surface area contributed by atoms with E-state index in [0.717, 1.165) is 22.3 Å². The first-order valence-electron chi connectivity index (χ1n) is 11.3. The number of methoxy groups -OCH3 is 1. The summed E-state index contributed by atoms with van der Waals surface area (Å²) >= 11 is 6.37. The minimum absolute atomic E-state index is 0.0697. The van der Waals surface area contributed by atoms with Crippen LogP contribution in [0, 0.1) is 6.92 Å². The van der Waals surface area contributed by atoms with Crippen molar-refractivity contribution in [2.75, 3.05) is 7.11 Å². The fourth-order valence-electron chi connectivity index (χ4n) is 3.92. The zero-order chi connectivity index (χ0) is 24.9. The van der Waals surface area contributed by atoms with Gasteiger partial charge < -0.3 is 14.4 Å². The number of ether oxygens (including phenoxy) is 1. The summed E-state index contributed by atoms with van der Waals surface area (Å²) in [6, 6.07) is 16.0. The molecule has 7 nitrogen and oxygen atoms in total. The molecular weight excluding hydrogens is 466 g/mol. The molecule has 0 radical (unpaired) electrons. The number of nitrogens with zero attached hydrogens (tertiary/aromatic N) is 3. The summed E-state index contributed by atoms with van der Waals surface area (Å²) in [4.78, 5) is 19.7. The molecular formula is C27H26ClN3O4. The van der Waals surface area contributed by atoms with Crippen molar-refractivity contribution in [2.45, 2.75) is 39.2 Å². The number of benzene rings is 2. The molecule has 2 aromatic heterocycles. The first-order valence-corrected chi connectivity index (χ1v) is 11.7. The highest BCUT2D eigenvalue weighted by Crippen LogP contribution is 2.35. The molecule has 0 saturated heterocycles. The molecule has 0 amide bonds. The molecule has 1 N–H and O–H groups in total. The second-order valence-electron chi connectivity index (χ2n) is 8.32. The average Bonchev–Trinajstić information content (AvgIpc) is 3.35. The Bertz CT molecular complexity index is 1350. The van der Waals surface area contributed by atoms with Crippen LogP contribution in [0.1, 0.15) is 42.7 Å². The lowest BCUT2D eigenvalue weighted by Crippen LogP contribution is -2.00. The molecule has 1 atom stereocenters. The Morgan fingerprint density at radius 3 is 2.66 bits per heavy atom. The number of aromatic nitrogens is 3. The Hall–Kier alpha value is -3.55. The molecule has 0 aliphatic heterocycles. The summed E-state index contributed by atoms with van der Waals surface area (Å²) < 4.78 is 11.2. The average molecular weight is 492 g/mol. The number of carboxylic acids is 1. The van der Waals surface area contributed by atoms with E-state index in [1.807, 2.05) is 31.2 Å². The zero-order valence-electron chi connectivity index (χ0n) is 19.8. The van der Waals surface area contributed by atoms with Crippen LogP contribution in [0.4, 0.5) is 0 Å². The van der Waals surface area contributed by atoms with Gasteiger partial charge in [0.05, 0.1) is 16.8 Å². The van der Waals surface area contributed by atoms with E-state index in [9.17, 15) is 4.79 Å². The van der Waals surface area contributed by atoms with Gasteiger partial charge in [-0.05, 0) is 67.1 Å². The SMILES string of the molecule is COC(C)c1cc(-c2nc(-c3cnc(CCCC(=O)O)c(Cl)c3)no2)ccc1-c1ccccc1C. The third-order valence-corrected chi connectivity index (χ3v) is 6.26. The number of hydrogen-bond acceptors (Lipinski definition) is 6. The summed E-state index contributed by atoms with van der Waals surface area (Å²) in [5, 5.41) is 13.4. The zero-order valence-corrected chi connectivity index (χ0v) is 20.5. The van der Waals surface area contributed by atoms with Crippen LogP contribution < -0.4 is 0 Å². The Morgan fingerprint density at radius 1 is 1.14 bits per heavy atom. The largest absolute Gasteiger partial charge is 0.481 e. The van der Waals surface area contributed by atoms with Crippen LogP contribution in [-0.2, 0) is 16.0 Å². The van der Waals surface area contributed by atoms with Crippen molar-refractivity contribution in [2.24, 2.45) is 0 Å². The van der Waals surface area contributed by atoms with Crippen molar-refractivity contribution in [1.82, 2.24) is 15.1 Å². The van der Waals surface area contributed by atoms with Gasteiger partial charge in [-0.1, -0.05) is 47.1 Å². The van der Waals surface area contributed by atoms with Gasteiger partial charge in [-0.15, -0.1) is 0 Å². The van der Waals surface area contributed by atoms with Gasteiger partial charge in [0.2, 0.25) is 5.82 Å². The lowest BCUT2D eigenvalue weighted by atomic mass is 9.92. The highest BCUT2D eigenvalue weighted by Gasteiger charge is 2.18. The van der Waals surface area contributed by atoms with E-state index in [1.54, 1.807) is 19.4 Å². The maximum Gasteiger partial charge on any atom is 0.303 e. The van der Waals surface area contributed by atoms with Crippen molar-refractivity contribution in [3.63, 3.8) is 0 Å². The van der Waals surface area contributed by atoms with E-state index in [1.165, 1.54) is 5.56 Å². The maximum atomic E-state index is 10.7. The van der Waals surface area contributed by atoms with Gasteiger partial charge in [0.15, 0.2) is 0 Å². The summed E-state index contributed by atoms with van der Waals surface area (Å²) in [6.45, 7) is 4.09. The van der Waals surface area contributed by atoms with Gasteiger partial charge in [0, 0.05) is 30.9 Å². The summed E-state index contributed by atoms with van der Waals surface area (Å²) in [5.74, 6) is -0.0922. The fraction of sp³-hybridized carbons (Fsp3) is 0.259. The number of carboxylic acid groups (broad SMARTS) is 1. The number of halogens is 1. The number of rotatable bonds is 9. The Balaban J connectivity index is 1.62. The van der Waals surface area contributed by atoms with E-state index >= 15 is 0 Å². The summed E-state index contributed by atoms with van der Waals surface area (Å²) in [5.41, 5.74) is 6.49. The highest BCUT2D eigenvalue weighted by atomic mass is 35.5. The van der Waals surface area contributed by atoms with Crippen LogP contribution in [0.3, 0.4) is 0 Å². The molecule has 2 heterocycles. The first kappa shape index (κ1) is 24.6. The van der Waals surface area contributed by atoms with Crippen molar-refractivity contribution in [3.05, 3.63) is 76.6 Å². The normalized spacial score (nSPS) is 12.0. The van der Waals surface area contributed by atoms with Crippen LogP contribution in [0.15, 0.2) is 59.3 Å². The summed E-state index contributed by atoms with van der Waals surface area (Å²) in [6.07, 6.45) is 2.51. The predicted octanol–water partition coefficient (Wildman–Crippen LogP) is 6.54. The van der Waals surface area contributed by atoms with Crippen LogP contribution in [0.2, 0.25) is 5.02 Å². The molecule has 0 aliphatic carbocycles. The molecule has 8 heteroatoms. The van der Waals surface area contributed by atoms with Crippen LogP contribution in [0.25, 0.3) is 34.0 Å². The predicted molar refractivity (Wildman–Crippen MR) is 134 cm³/mol. The molecule has 180 valence electrons. The number of aryl methyl sites for hydroxylation is 2. The van der Waals surface area contributed by atoms with Gasteiger partial charge in [0.25, 0.3) is 5.89 Å². The molecule has 0 aliphatic rings. The van der Waals surface area contributed by atoms with Crippen LogP contribution in [-0.4, -0.2) is 33.3 Å². The van der Waals surface area contributed by atoms with E-state index < -0.39 is 5.97 Å². The van der Waals surface area contributed by atoms with E-state index in [0.29, 0.717) is 40.8 Å². The lowest BCUT2D eigenvalue weighted by molar-refractivity contribution is -0.137. The Morgan fingerprint density at radius 2 is 1.94 bits per heavy atom. The van der Waals surface area contributed by atoms with E-state index in [-0.39, 0.29) is 12.5 Å². The van der Waals surface area contributed by atoms with E-state index in [4.69, 9.17) is 26.0 Å². The third kappa shape index (κ3) is 5.58. The molecule has 0 bridgehead atoms. The molecule has 1 unspecified atom stereocenters. The third-order valence-electron chi connectivity index (χ3n) is 5.93. The van der Waals surface area contributed by atoms with Crippen molar-refractivity contribution in [1.29, 1.82) is 0 Å². The maximum absolute atomic E-state index is 10.7. The molecule has 0 spiro atoms. The monoisotopic (exact) mass is 491 g/mol. The summed E-state index contributed by atoms with van der Waals surface area (Å²) in [7, 11) is 1.69. The fourth-order valence-corrected chi connectivity index (χ4v) is 4.18.